The van der Waals surface area contributed by atoms with Crippen LogP contribution in [0.1, 0.15) is 4.88 Å². The highest BCUT2D eigenvalue weighted by molar-refractivity contribution is 9.10. The van der Waals surface area contributed by atoms with Crippen molar-refractivity contribution in [3.8, 4) is 0 Å². The van der Waals surface area contributed by atoms with Crippen LogP contribution >= 0.6 is 27.3 Å². The van der Waals surface area contributed by atoms with E-state index in [1.807, 2.05) is 18.3 Å². The number of hydrogen-bond acceptors (Lipinski definition) is 2. The monoisotopic (exact) mass is 352 g/mol. The topological polar surface area (TPSA) is 17.0 Å². The lowest BCUT2D eigenvalue weighted by atomic mass is 10.2. The third kappa shape index (κ3) is 3.11. The molecule has 0 saturated carbocycles. The van der Waals surface area contributed by atoms with E-state index in [1.165, 1.54) is 10.9 Å². The van der Waals surface area contributed by atoms with Gasteiger partial charge in [-0.25, -0.2) is 4.39 Å². The number of nitrogens with zero attached hydrogens (tertiary/aromatic N) is 1. The van der Waals surface area contributed by atoms with Crippen LogP contribution in [0.3, 0.4) is 0 Å². The molecule has 2 nitrogen and oxygen atoms in total. The Morgan fingerprint density at radius 2 is 2.15 bits per heavy atom. The van der Waals surface area contributed by atoms with Crippen molar-refractivity contribution < 1.29 is 4.39 Å². The van der Waals surface area contributed by atoms with Gasteiger partial charge in [0.15, 0.2) is 0 Å². The van der Waals surface area contributed by atoms with Gasteiger partial charge in [0.05, 0.1) is 5.52 Å². The molecule has 20 heavy (non-hydrogen) atoms. The predicted octanol–water partition coefficient (Wildman–Crippen LogP) is 4.39. The van der Waals surface area contributed by atoms with Gasteiger partial charge in [-0.2, -0.15) is 0 Å². The molecule has 3 aromatic rings. The van der Waals surface area contributed by atoms with Crippen LogP contribution in [0, 0.1) is 5.82 Å². The molecule has 0 amide bonds. The Morgan fingerprint density at radius 1 is 1.25 bits per heavy atom. The fourth-order valence-electron chi connectivity index (χ4n) is 2.21. The molecule has 0 aliphatic rings. The van der Waals surface area contributed by atoms with E-state index < -0.39 is 0 Å². The van der Waals surface area contributed by atoms with E-state index in [0.717, 1.165) is 35.0 Å². The maximum Gasteiger partial charge on any atom is 0.125 e. The fourth-order valence-corrected chi connectivity index (χ4v) is 3.63. The van der Waals surface area contributed by atoms with Crippen LogP contribution in [-0.2, 0) is 13.1 Å². The lowest BCUT2D eigenvalue weighted by Gasteiger charge is -2.06. The highest BCUT2D eigenvalue weighted by Gasteiger charge is 2.02. The third-order valence-corrected chi connectivity index (χ3v) is 4.88. The lowest BCUT2D eigenvalue weighted by molar-refractivity contribution is 0.608. The van der Waals surface area contributed by atoms with Gasteiger partial charge in [-0.3, -0.25) is 0 Å². The zero-order valence-corrected chi connectivity index (χ0v) is 13.2. The first-order chi connectivity index (χ1) is 9.72. The summed E-state index contributed by atoms with van der Waals surface area (Å²) < 4.78 is 16.5. The standard InChI is InChI=1S/C15H14BrFN2S/c16-12-7-14(20-10-12)9-18-4-6-19-5-3-11-1-2-13(17)8-15(11)19/h1-3,5,7-8,10,18H,4,6,9H2. The number of fused-ring (bicyclic) bond motifs is 1. The molecule has 0 radical (unpaired) electrons. The summed E-state index contributed by atoms with van der Waals surface area (Å²) in [6.45, 7) is 2.55. The van der Waals surface area contributed by atoms with Gasteiger partial charge in [-0.05, 0) is 51.6 Å². The maximum absolute atomic E-state index is 13.3. The van der Waals surface area contributed by atoms with Gasteiger partial charge in [-0.1, -0.05) is 0 Å². The molecule has 2 heterocycles. The van der Waals surface area contributed by atoms with Gasteiger partial charge in [0.25, 0.3) is 0 Å². The molecule has 0 fully saturated rings. The van der Waals surface area contributed by atoms with E-state index in [1.54, 1.807) is 17.4 Å². The van der Waals surface area contributed by atoms with Crippen molar-refractivity contribution in [1.29, 1.82) is 0 Å². The summed E-state index contributed by atoms with van der Waals surface area (Å²) in [6, 6.07) is 9.05. The summed E-state index contributed by atoms with van der Waals surface area (Å²) in [5.74, 6) is -0.186. The minimum atomic E-state index is -0.186. The van der Waals surface area contributed by atoms with Gasteiger partial charge in [0, 0.05) is 40.6 Å². The van der Waals surface area contributed by atoms with Crippen LogP contribution < -0.4 is 5.32 Å². The number of aromatic nitrogens is 1. The van der Waals surface area contributed by atoms with Crippen molar-refractivity contribution in [2.45, 2.75) is 13.1 Å². The van der Waals surface area contributed by atoms with E-state index in [-0.39, 0.29) is 5.82 Å². The number of nitrogens with one attached hydrogen (secondary N) is 1. The zero-order chi connectivity index (χ0) is 13.9. The highest BCUT2D eigenvalue weighted by Crippen LogP contribution is 2.19. The average molecular weight is 353 g/mol. The quantitative estimate of drug-likeness (QED) is 0.673. The molecule has 3 rings (SSSR count). The lowest BCUT2D eigenvalue weighted by Crippen LogP contribution is -2.18. The first kappa shape index (κ1) is 13.8. The highest BCUT2D eigenvalue weighted by atomic mass is 79.9. The van der Waals surface area contributed by atoms with Gasteiger partial charge < -0.3 is 9.88 Å². The fraction of sp³-hybridized carbons (Fsp3) is 0.200. The number of benzene rings is 1. The van der Waals surface area contributed by atoms with Gasteiger partial charge in [0.1, 0.15) is 5.82 Å². The second kappa shape index (κ2) is 6.08. The second-order valence-corrected chi connectivity index (χ2v) is 6.53. The number of halogens is 2. The van der Waals surface area contributed by atoms with E-state index in [4.69, 9.17) is 0 Å². The minimum Gasteiger partial charge on any atom is -0.346 e. The molecule has 0 saturated heterocycles. The van der Waals surface area contributed by atoms with Crippen molar-refractivity contribution in [3.63, 3.8) is 0 Å². The van der Waals surface area contributed by atoms with Gasteiger partial charge in [-0.15, -0.1) is 11.3 Å². The maximum atomic E-state index is 13.3. The number of thiophene rings is 1. The Balaban J connectivity index is 1.58. The van der Waals surface area contributed by atoms with Crippen LogP contribution in [0.25, 0.3) is 10.9 Å². The Hall–Kier alpha value is -1.17. The molecule has 0 bridgehead atoms. The SMILES string of the molecule is Fc1ccc2ccn(CCNCc3cc(Br)cs3)c2c1. The Bertz CT molecular complexity index is 720. The molecule has 2 aromatic heterocycles. The first-order valence-electron chi connectivity index (χ1n) is 6.40. The minimum absolute atomic E-state index is 0.186. The molecule has 0 aliphatic carbocycles. The summed E-state index contributed by atoms with van der Waals surface area (Å²) >= 11 is 5.19. The van der Waals surface area contributed by atoms with Gasteiger partial charge >= 0.3 is 0 Å². The van der Waals surface area contributed by atoms with Crippen LogP contribution in [0.15, 0.2) is 46.4 Å². The Labute approximate surface area is 129 Å². The molecule has 104 valence electrons. The molecular weight excluding hydrogens is 339 g/mol. The molecule has 1 N–H and O–H groups in total. The van der Waals surface area contributed by atoms with E-state index in [2.05, 4.69) is 37.3 Å². The molecular formula is C15H14BrFN2S. The Morgan fingerprint density at radius 3 is 2.95 bits per heavy atom. The summed E-state index contributed by atoms with van der Waals surface area (Å²) in [4.78, 5) is 1.31. The summed E-state index contributed by atoms with van der Waals surface area (Å²) in [6.07, 6.45) is 2.01. The molecule has 0 aliphatic heterocycles. The van der Waals surface area contributed by atoms with Crippen molar-refractivity contribution in [1.82, 2.24) is 9.88 Å². The molecule has 0 unspecified atom stereocenters. The summed E-state index contributed by atoms with van der Waals surface area (Å²) in [5.41, 5.74) is 0.950. The average Bonchev–Trinajstić information content (AvgIpc) is 3.01. The molecule has 1 aromatic carbocycles. The molecule has 5 heteroatoms. The molecule has 0 atom stereocenters. The van der Waals surface area contributed by atoms with Crippen molar-refractivity contribution in [2.75, 3.05) is 6.54 Å². The normalized spacial score (nSPS) is 11.3. The summed E-state index contributed by atoms with van der Waals surface area (Å²) in [5, 5.41) is 6.57. The number of hydrogen-bond donors (Lipinski definition) is 1. The largest absolute Gasteiger partial charge is 0.346 e. The Kier molecular flexibility index (Phi) is 4.19. The van der Waals surface area contributed by atoms with Crippen molar-refractivity contribution in [3.05, 3.63) is 57.1 Å². The zero-order valence-electron chi connectivity index (χ0n) is 10.8. The van der Waals surface area contributed by atoms with E-state index >= 15 is 0 Å². The third-order valence-electron chi connectivity index (χ3n) is 3.19. The van der Waals surface area contributed by atoms with Crippen LogP contribution in [-0.4, -0.2) is 11.1 Å². The first-order valence-corrected chi connectivity index (χ1v) is 8.08. The summed E-state index contributed by atoms with van der Waals surface area (Å²) in [7, 11) is 0. The van der Waals surface area contributed by atoms with E-state index in [0.29, 0.717) is 0 Å². The second-order valence-electron chi connectivity index (χ2n) is 4.62. The van der Waals surface area contributed by atoms with Crippen molar-refractivity contribution >= 4 is 38.2 Å². The smallest absolute Gasteiger partial charge is 0.125 e. The van der Waals surface area contributed by atoms with Crippen LogP contribution in [0.4, 0.5) is 4.39 Å². The molecule has 0 spiro atoms. The van der Waals surface area contributed by atoms with Gasteiger partial charge in [0.2, 0.25) is 0 Å². The predicted molar refractivity (Wildman–Crippen MR) is 85.6 cm³/mol. The van der Waals surface area contributed by atoms with Crippen LogP contribution in [0.2, 0.25) is 0 Å². The number of rotatable bonds is 5. The van der Waals surface area contributed by atoms with Crippen molar-refractivity contribution in [2.24, 2.45) is 0 Å². The van der Waals surface area contributed by atoms with Crippen LogP contribution in [0.5, 0.6) is 0 Å². The van der Waals surface area contributed by atoms with E-state index in [9.17, 15) is 4.39 Å².